The molecule has 0 aromatic heterocycles. The summed E-state index contributed by atoms with van der Waals surface area (Å²) in [6, 6.07) is 8.30. The lowest BCUT2D eigenvalue weighted by atomic mass is 9.90. The van der Waals surface area contributed by atoms with Crippen molar-refractivity contribution in [2.75, 3.05) is 20.6 Å². The van der Waals surface area contributed by atoms with Crippen LogP contribution in [0, 0.1) is 0 Å². The molecule has 1 aromatic carbocycles. The molecule has 0 spiro atoms. The van der Waals surface area contributed by atoms with Gasteiger partial charge in [0.25, 0.3) is 0 Å². The Kier molecular flexibility index (Phi) is 5.37. The van der Waals surface area contributed by atoms with Gasteiger partial charge in [0.1, 0.15) is 0 Å². The predicted molar refractivity (Wildman–Crippen MR) is 85.9 cm³/mol. The summed E-state index contributed by atoms with van der Waals surface area (Å²) in [6.45, 7) is 4.43. The molecule has 1 saturated heterocycles. The van der Waals surface area contributed by atoms with Gasteiger partial charge in [-0.15, -0.1) is 0 Å². The highest BCUT2D eigenvalue weighted by atomic mass is 16.2. The van der Waals surface area contributed by atoms with E-state index in [-0.39, 0.29) is 5.91 Å². The van der Waals surface area contributed by atoms with Crippen molar-refractivity contribution < 1.29 is 4.79 Å². The van der Waals surface area contributed by atoms with Gasteiger partial charge in [0.05, 0.1) is 5.54 Å². The SMILES string of the molecule is CN(C)Cc1ccccc1CNC(=O)C1(C)CCCCN1. The van der Waals surface area contributed by atoms with Gasteiger partial charge in [0.2, 0.25) is 5.91 Å². The lowest BCUT2D eigenvalue weighted by molar-refractivity contribution is -0.128. The van der Waals surface area contributed by atoms with Crippen molar-refractivity contribution in [2.24, 2.45) is 0 Å². The fourth-order valence-corrected chi connectivity index (χ4v) is 2.85. The molecule has 4 nitrogen and oxygen atoms in total. The number of hydrogen-bond donors (Lipinski definition) is 2. The fourth-order valence-electron chi connectivity index (χ4n) is 2.85. The highest BCUT2D eigenvalue weighted by Gasteiger charge is 2.33. The normalized spacial score (nSPS) is 22.3. The van der Waals surface area contributed by atoms with Crippen molar-refractivity contribution in [1.29, 1.82) is 0 Å². The molecule has 0 radical (unpaired) electrons. The minimum absolute atomic E-state index is 0.113. The standard InChI is InChI=1S/C17H27N3O/c1-17(10-6-7-11-19-17)16(21)18-12-14-8-4-5-9-15(14)13-20(2)3/h4-5,8-9,19H,6-7,10-13H2,1-3H3,(H,18,21). The van der Waals surface area contributed by atoms with Gasteiger partial charge in [-0.2, -0.15) is 0 Å². The molecule has 116 valence electrons. The Balaban J connectivity index is 1.98. The molecule has 0 aliphatic carbocycles. The molecule has 2 N–H and O–H groups in total. The maximum absolute atomic E-state index is 12.4. The van der Waals surface area contributed by atoms with Crippen LogP contribution in [0.5, 0.6) is 0 Å². The van der Waals surface area contributed by atoms with Crippen LogP contribution in [-0.4, -0.2) is 37.0 Å². The van der Waals surface area contributed by atoms with Crippen molar-refractivity contribution in [2.45, 2.75) is 44.8 Å². The Bertz CT molecular complexity index is 479. The molecular formula is C17H27N3O. The van der Waals surface area contributed by atoms with Gasteiger partial charge in [-0.05, 0) is 58.0 Å². The van der Waals surface area contributed by atoms with E-state index in [1.54, 1.807) is 0 Å². The van der Waals surface area contributed by atoms with Gasteiger partial charge in [0, 0.05) is 13.1 Å². The van der Waals surface area contributed by atoms with E-state index in [1.807, 2.05) is 19.1 Å². The van der Waals surface area contributed by atoms with Crippen LogP contribution in [0.1, 0.15) is 37.3 Å². The minimum Gasteiger partial charge on any atom is -0.350 e. The van der Waals surface area contributed by atoms with E-state index in [4.69, 9.17) is 0 Å². The summed E-state index contributed by atoms with van der Waals surface area (Å²) in [6.07, 6.45) is 3.20. The molecule has 1 aromatic rings. The Labute approximate surface area is 127 Å². The number of nitrogens with zero attached hydrogens (tertiary/aromatic N) is 1. The number of benzene rings is 1. The minimum atomic E-state index is -0.408. The first-order valence-electron chi connectivity index (χ1n) is 7.76. The van der Waals surface area contributed by atoms with Crippen molar-refractivity contribution in [1.82, 2.24) is 15.5 Å². The van der Waals surface area contributed by atoms with Crippen LogP contribution < -0.4 is 10.6 Å². The zero-order valence-corrected chi connectivity index (χ0v) is 13.4. The van der Waals surface area contributed by atoms with Gasteiger partial charge in [0.15, 0.2) is 0 Å². The predicted octanol–water partition coefficient (Wildman–Crippen LogP) is 1.90. The summed E-state index contributed by atoms with van der Waals surface area (Å²) in [5, 5.41) is 6.46. The first-order valence-corrected chi connectivity index (χ1v) is 7.76. The topological polar surface area (TPSA) is 44.4 Å². The monoisotopic (exact) mass is 289 g/mol. The molecule has 4 heteroatoms. The average molecular weight is 289 g/mol. The Morgan fingerprint density at radius 1 is 1.29 bits per heavy atom. The second kappa shape index (κ2) is 7.05. The van der Waals surface area contributed by atoms with Crippen LogP contribution in [0.3, 0.4) is 0 Å². The largest absolute Gasteiger partial charge is 0.350 e. The first-order chi connectivity index (χ1) is 10.0. The fraction of sp³-hybridized carbons (Fsp3) is 0.588. The van der Waals surface area contributed by atoms with Crippen LogP contribution in [0.2, 0.25) is 0 Å². The third kappa shape index (κ3) is 4.29. The lowest BCUT2D eigenvalue weighted by Gasteiger charge is -2.33. The number of carbonyl (C=O) groups is 1. The summed E-state index contributed by atoms with van der Waals surface area (Å²) in [4.78, 5) is 14.6. The van der Waals surface area contributed by atoms with E-state index >= 15 is 0 Å². The summed E-state index contributed by atoms with van der Waals surface area (Å²) < 4.78 is 0. The quantitative estimate of drug-likeness (QED) is 0.870. The second-order valence-electron chi connectivity index (χ2n) is 6.41. The number of amides is 1. The third-order valence-corrected chi connectivity index (χ3v) is 4.16. The highest BCUT2D eigenvalue weighted by molar-refractivity contribution is 5.85. The van der Waals surface area contributed by atoms with E-state index in [1.165, 1.54) is 11.1 Å². The Hall–Kier alpha value is -1.39. The molecule has 1 aliphatic rings. The van der Waals surface area contributed by atoms with Crippen LogP contribution in [0.4, 0.5) is 0 Å². The molecule has 1 unspecified atom stereocenters. The molecule has 0 saturated carbocycles. The van der Waals surface area contributed by atoms with Gasteiger partial charge in [-0.1, -0.05) is 24.3 Å². The Morgan fingerprint density at radius 2 is 2.00 bits per heavy atom. The first kappa shape index (κ1) is 16.0. The van der Waals surface area contributed by atoms with Crippen molar-refractivity contribution in [3.05, 3.63) is 35.4 Å². The molecule has 1 amide bonds. The van der Waals surface area contributed by atoms with E-state index < -0.39 is 5.54 Å². The number of rotatable bonds is 5. The van der Waals surface area contributed by atoms with E-state index in [0.29, 0.717) is 6.54 Å². The molecule has 21 heavy (non-hydrogen) atoms. The van der Waals surface area contributed by atoms with E-state index in [0.717, 1.165) is 32.4 Å². The molecule has 0 bridgehead atoms. The molecular weight excluding hydrogens is 262 g/mol. The van der Waals surface area contributed by atoms with Gasteiger partial charge < -0.3 is 15.5 Å². The summed E-state index contributed by atoms with van der Waals surface area (Å²) in [5.74, 6) is 0.113. The smallest absolute Gasteiger partial charge is 0.240 e. The lowest BCUT2D eigenvalue weighted by Crippen LogP contribution is -2.56. The Morgan fingerprint density at radius 3 is 2.62 bits per heavy atom. The number of nitrogens with one attached hydrogen (secondary N) is 2. The summed E-state index contributed by atoms with van der Waals surface area (Å²) >= 11 is 0. The molecule has 2 rings (SSSR count). The van der Waals surface area contributed by atoms with Crippen LogP contribution in [-0.2, 0) is 17.9 Å². The van der Waals surface area contributed by atoms with Crippen molar-refractivity contribution in [3.8, 4) is 0 Å². The number of hydrogen-bond acceptors (Lipinski definition) is 3. The van der Waals surface area contributed by atoms with Crippen LogP contribution in [0.15, 0.2) is 24.3 Å². The summed E-state index contributed by atoms with van der Waals surface area (Å²) in [5.41, 5.74) is 2.05. The van der Waals surface area contributed by atoms with Crippen LogP contribution >= 0.6 is 0 Å². The second-order valence-corrected chi connectivity index (χ2v) is 6.41. The van der Waals surface area contributed by atoms with E-state index in [2.05, 4.69) is 41.8 Å². The van der Waals surface area contributed by atoms with Gasteiger partial charge >= 0.3 is 0 Å². The third-order valence-electron chi connectivity index (χ3n) is 4.16. The van der Waals surface area contributed by atoms with E-state index in [9.17, 15) is 4.79 Å². The van der Waals surface area contributed by atoms with Crippen LogP contribution in [0.25, 0.3) is 0 Å². The summed E-state index contributed by atoms with van der Waals surface area (Å²) in [7, 11) is 4.12. The maximum Gasteiger partial charge on any atom is 0.240 e. The number of piperidine rings is 1. The van der Waals surface area contributed by atoms with Gasteiger partial charge in [-0.3, -0.25) is 4.79 Å². The molecule has 1 aliphatic heterocycles. The van der Waals surface area contributed by atoms with Gasteiger partial charge in [-0.25, -0.2) is 0 Å². The maximum atomic E-state index is 12.4. The molecule has 1 fully saturated rings. The average Bonchev–Trinajstić information content (AvgIpc) is 2.46. The highest BCUT2D eigenvalue weighted by Crippen LogP contribution is 2.19. The number of carbonyl (C=O) groups excluding carboxylic acids is 1. The molecule has 1 atom stereocenters. The molecule has 1 heterocycles. The zero-order chi connectivity index (χ0) is 15.3. The zero-order valence-electron chi connectivity index (χ0n) is 13.4. The van der Waals surface area contributed by atoms with Crippen molar-refractivity contribution >= 4 is 5.91 Å². The van der Waals surface area contributed by atoms with Crippen molar-refractivity contribution in [3.63, 3.8) is 0 Å².